The van der Waals surface area contributed by atoms with Crippen LogP contribution in [0.2, 0.25) is 0 Å². The van der Waals surface area contributed by atoms with E-state index < -0.39 is 11.3 Å². The molecule has 0 atom stereocenters. The van der Waals surface area contributed by atoms with Gasteiger partial charge in [-0.05, 0) is 6.92 Å². The van der Waals surface area contributed by atoms with Gasteiger partial charge in [-0.1, -0.05) is 13.8 Å². The SMILES string of the molecule is CC(=O)[CH]C(C)(C)C(N)=O. The van der Waals surface area contributed by atoms with E-state index in [1.165, 1.54) is 13.3 Å². The fourth-order valence-electron chi connectivity index (χ4n) is 0.579. The summed E-state index contributed by atoms with van der Waals surface area (Å²) in [4.78, 5) is 21.1. The van der Waals surface area contributed by atoms with Crippen molar-refractivity contribution in [1.82, 2.24) is 0 Å². The number of carbonyl (C=O) groups is 2. The fourth-order valence-corrected chi connectivity index (χ4v) is 0.579. The lowest BCUT2D eigenvalue weighted by atomic mass is 9.87. The van der Waals surface area contributed by atoms with Crippen molar-refractivity contribution in [2.75, 3.05) is 0 Å². The molecule has 3 heteroatoms. The van der Waals surface area contributed by atoms with Crippen LogP contribution in [0.15, 0.2) is 0 Å². The second kappa shape index (κ2) is 2.82. The Balaban J connectivity index is 4.13. The van der Waals surface area contributed by atoms with Gasteiger partial charge in [0.15, 0.2) is 0 Å². The molecule has 0 rings (SSSR count). The summed E-state index contributed by atoms with van der Waals surface area (Å²) in [6.07, 6.45) is 1.31. The van der Waals surface area contributed by atoms with Gasteiger partial charge in [-0.15, -0.1) is 0 Å². The number of hydrogen-bond acceptors (Lipinski definition) is 2. The Hall–Kier alpha value is -0.860. The lowest BCUT2D eigenvalue weighted by molar-refractivity contribution is -0.127. The molecule has 0 aromatic rings. The minimum atomic E-state index is -0.814. The van der Waals surface area contributed by atoms with Crippen LogP contribution in [0.1, 0.15) is 20.8 Å². The second-order valence-electron chi connectivity index (χ2n) is 2.84. The Morgan fingerprint density at radius 2 is 1.80 bits per heavy atom. The van der Waals surface area contributed by atoms with Crippen molar-refractivity contribution < 1.29 is 9.59 Å². The summed E-state index contributed by atoms with van der Waals surface area (Å²) in [5, 5.41) is 0. The van der Waals surface area contributed by atoms with Crippen molar-refractivity contribution in [3.63, 3.8) is 0 Å². The lowest BCUT2D eigenvalue weighted by Crippen LogP contribution is -2.33. The quantitative estimate of drug-likeness (QED) is 0.615. The molecule has 0 aliphatic heterocycles. The zero-order chi connectivity index (χ0) is 8.36. The van der Waals surface area contributed by atoms with Crippen molar-refractivity contribution in [3.8, 4) is 0 Å². The number of carbonyl (C=O) groups excluding carboxylic acids is 2. The van der Waals surface area contributed by atoms with Gasteiger partial charge in [0.2, 0.25) is 5.91 Å². The highest BCUT2D eigenvalue weighted by molar-refractivity contribution is 5.94. The van der Waals surface area contributed by atoms with E-state index in [1.807, 2.05) is 0 Å². The molecule has 0 fully saturated rings. The maximum absolute atomic E-state index is 10.6. The van der Waals surface area contributed by atoms with Gasteiger partial charge in [0.1, 0.15) is 5.78 Å². The van der Waals surface area contributed by atoms with E-state index in [0.29, 0.717) is 0 Å². The number of rotatable bonds is 3. The van der Waals surface area contributed by atoms with E-state index in [4.69, 9.17) is 5.73 Å². The Morgan fingerprint density at radius 3 is 1.90 bits per heavy atom. The van der Waals surface area contributed by atoms with Crippen molar-refractivity contribution in [2.45, 2.75) is 20.8 Å². The predicted octanol–water partition coefficient (Wildman–Crippen LogP) is 0.291. The molecule has 57 valence electrons. The topological polar surface area (TPSA) is 60.2 Å². The summed E-state index contributed by atoms with van der Waals surface area (Å²) in [7, 11) is 0. The maximum Gasteiger partial charge on any atom is 0.223 e. The van der Waals surface area contributed by atoms with Crippen LogP contribution in [-0.4, -0.2) is 11.7 Å². The monoisotopic (exact) mass is 142 g/mol. The summed E-state index contributed by atoms with van der Waals surface area (Å²) in [5.74, 6) is -0.619. The summed E-state index contributed by atoms with van der Waals surface area (Å²) >= 11 is 0. The zero-order valence-electron chi connectivity index (χ0n) is 6.47. The third kappa shape index (κ3) is 2.62. The molecular weight excluding hydrogens is 130 g/mol. The second-order valence-corrected chi connectivity index (χ2v) is 2.84. The molecule has 0 aliphatic carbocycles. The Kier molecular flexibility index (Phi) is 2.57. The summed E-state index contributed by atoms with van der Waals surface area (Å²) in [5.41, 5.74) is 4.18. The number of amides is 1. The minimum Gasteiger partial charge on any atom is -0.369 e. The third-order valence-corrected chi connectivity index (χ3v) is 1.20. The first-order valence-electron chi connectivity index (χ1n) is 3.02. The van der Waals surface area contributed by atoms with Crippen LogP contribution in [0.4, 0.5) is 0 Å². The minimum absolute atomic E-state index is 0.135. The molecule has 2 N–H and O–H groups in total. The van der Waals surface area contributed by atoms with Gasteiger partial charge >= 0.3 is 0 Å². The van der Waals surface area contributed by atoms with E-state index in [0.717, 1.165) is 0 Å². The van der Waals surface area contributed by atoms with Crippen molar-refractivity contribution >= 4 is 11.7 Å². The molecule has 0 aliphatic rings. The molecule has 3 nitrogen and oxygen atoms in total. The molecular formula is C7H12NO2. The third-order valence-electron chi connectivity index (χ3n) is 1.20. The highest BCUT2D eigenvalue weighted by Gasteiger charge is 2.26. The molecule has 1 radical (unpaired) electrons. The van der Waals surface area contributed by atoms with Gasteiger partial charge < -0.3 is 5.73 Å². The summed E-state index contributed by atoms with van der Waals surface area (Å²) in [6, 6.07) is 0. The zero-order valence-corrected chi connectivity index (χ0v) is 6.47. The number of Topliss-reactive ketones (excluding diaryl/α,β-unsaturated/α-hetero) is 1. The Bertz CT molecular complexity index is 161. The van der Waals surface area contributed by atoms with Crippen LogP contribution in [0.25, 0.3) is 0 Å². The van der Waals surface area contributed by atoms with Gasteiger partial charge in [-0.3, -0.25) is 9.59 Å². The number of hydrogen-bond donors (Lipinski definition) is 1. The Morgan fingerprint density at radius 1 is 1.40 bits per heavy atom. The standard InChI is InChI=1S/C7H12NO2/c1-5(9)4-7(2,3)6(8)10/h4H,1-3H3,(H2,8,10). The van der Waals surface area contributed by atoms with E-state index >= 15 is 0 Å². The van der Waals surface area contributed by atoms with Crippen molar-refractivity contribution in [1.29, 1.82) is 0 Å². The van der Waals surface area contributed by atoms with Crippen LogP contribution in [0, 0.1) is 11.8 Å². The smallest absolute Gasteiger partial charge is 0.223 e. The predicted molar refractivity (Wildman–Crippen MR) is 38.0 cm³/mol. The van der Waals surface area contributed by atoms with Crippen molar-refractivity contribution in [3.05, 3.63) is 6.42 Å². The molecule has 0 unspecified atom stereocenters. The largest absolute Gasteiger partial charge is 0.369 e. The molecule has 10 heavy (non-hydrogen) atoms. The van der Waals surface area contributed by atoms with Gasteiger partial charge in [-0.2, -0.15) is 0 Å². The van der Waals surface area contributed by atoms with Gasteiger partial charge in [-0.25, -0.2) is 0 Å². The van der Waals surface area contributed by atoms with Crippen molar-refractivity contribution in [2.24, 2.45) is 11.1 Å². The molecule has 0 aromatic carbocycles. The van der Waals surface area contributed by atoms with Crippen LogP contribution in [-0.2, 0) is 9.59 Å². The van der Waals surface area contributed by atoms with E-state index in [2.05, 4.69) is 0 Å². The molecule has 0 saturated heterocycles. The molecule has 0 saturated carbocycles. The van der Waals surface area contributed by atoms with E-state index in [9.17, 15) is 9.59 Å². The van der Waals surface area contributed by atoms with Crippen LogP contribution < -0.4 is 5.73 Å². The fraction of sp³-hybridized carbons (Fsp3) is 0.571. The average molecular weight is 142 g/mol. The first-order chi connectivity index (χ1) is 4.36. The maximum atomic E-state index is 10.6. The normalized spacial score (nSPS) is 11.1. The molecule has 1 amide bonds. The first kappa shape index (κ1) is 9.14. The molecule has 0 aromatic heterocycles. The average Bonchev–Trinajstić information content (AvgIpc) is 1.60. The van der Waals surface area contributed by atoms with Crippen LogP contribution in [0.5, 0.6) is 0 Å². The summed E-state index contributed by atoms with van der Waals surface area (Å²) in [6.45, 7) is 4.61. The molecule has 0 heterocycles. The number of ketones is 1. The number of nitrogens with two attached hydrogens (primary N) is 1. The van der Waals surface area contributed by atoms with Gasteiger partial charge in [0.05, 0.1) is 5.41 Å². The first-order valence-corrected chi connectivity index (χ1v) is 3.02. The highest BCUT2D eigenvalue weighted by atomic mass is 16.1. The van der Waals surface area contributed by atoms with Crippen LogP contribution >= 0.6 is 0 Å². The van der Waals surface area contributed by atoms with Crippen LogP contribution in [0.3, 0.4) is 0 Å². The van der Waals surface area contributed by atoms with E-state index in [-0.39, 0.29) is 5.78 Å². The van der Waals surface area contributed by atoms with E-state index in [1.54, 1.807) is 13.8 Å². The lowest BCUT2D eigenvalue weighted by Gasteiger charge is -2.16. The van der Waals surface area contributed by atoms with Gasteiger partial charge in [0.25, 0.3) is 0 Å². The number of primary amides is 1. The highest BCUT2D eigenvalue weighted by Crippen LogP contribution is 2.17. The van der Waals surface area contributed by atoms with Gasteiger partial charge in [0, 0.05) is 6.42 Å². The summed E-state index contributed by atoms with van der Waals surface area (Å²) < 4.78 is 0. The molecule has 0 spiro atoms. The molecule has 0 bridgehead atoms. The Labute approximate surface area is 60.6 Å².